The molecule has 30 heavy (non-hydrogen) atoms. The summed E-state index contributed by atoms with van der Waals surface area (Å²) in [5, 5.41) is 0. The summed E-state index contributed by atoms with van der Waals surface area (Å²) in [5.74, 6) is 1.05. The lowest BCUT2D eigenvalue weighted by atomic mass is 9.83. The van der Waals surface area contributed by atoms with Crippen LogP contribution in [0.25, 0.3) is 6.08 Å². The summed E-state index contributed by atoms with van der Waals surface area (Å²) < 4.78 is 11.4. The van der Waals surface area contributed by atoms with Crippen molar-refractivity contribution in [1.82, 2.24) is 4.90 Å². The minimum absolute atomic E-state index is 0.0541. The van der Waals surface area contributed by atoms with Gasteiger partial charge in [-0.2, -0.15) is 0 Å². The van der Waals surface area contributed by atoms with Crippen LogP contribution in [0.15, 0.2) is 35.9 Å². The Hall–Kier alpha value is -3.08. The molecule has 0 saturated carbocycles. The van der Waals surface area contributed by atoms with E-state index in [4.69, 9.17) is 9.47 Å². The molecule has 0 fully saturated rings. The molecule has 158 valence electrons. The molecule has 2 aromatic rings. The van der Waals surface area contributed by atoms with E-state index < -0.39 is 0 Å². The van der Waals surface area contributed by atoms with E-state index in [9.17, 15) is 9.59 Å². The van der Waals surface area contributed by atoms with Crippen molar-refractivity contribution in [2.24, 2.45) is 0 Å². The number of hydrogen-bond acceptors (Lipinski definition) is 4. The number of Topliss-reactive ketones (excluding diaryl/α,β-unsaturated/α-hetero) is 1. The number of likely N-dealkylation sites (N-methyl/N-ethyl adjacent to an activating group) is 1. The Morgan fingerprint density at radius 1 is 1.07 bits per heavy atom. The Bertz CT molecular complexity index is 1000. The zero-order chi connectivity index (χ0) is 21.8. The van der Waals surface area contributed by atoms with Gasteiger partial charge in [-0.15, -0.1) is 0 Å². The normalized spacial score (nSPS) is 14.4. The minimum atomic E-state index is -0.124. The molecule has 3 rings (SSSR count). The summed E-state index contributed by atoms with van der Waals surface area (Å²) in [4.78, 5) is 26.4. The Morgan fingerprint density at radius 3 is 2.53 bits per heavy atom. The van der Waals surface area contributed by atoms with Crippen molar-refractivity contribution in [3.05, 3.63) is 63.7 Å². The number of fused-ring (bicyclic) bond motifs is 1. The maximum atomic E-state index is 13.1. The highest BCUT2D eigenvalue weighted by Crippen LogP contribution is 2.33. The van der Waals surface area contributed by atoms with E-state index in [0.717, 1.165) is 40.7 Å². The van der Waals surface area contributed by atoms with Gasteiger partial charge in [-0.05, 0) is 74.6 Å². The van der Waals surface area contributed by atoms with Gasteiger partial charge in [0.15, 0.2) is 23.9 Å². The first kappa shape index (κ1) is 21.6. The second-order valence-electron chi connectivity index (χ2n) is 7.82. The molecule has 0 atom stereocenters. The first-order valence-corrected chi connectivity index (χ1v) is 10.2. The fourth-order valence-electron chi connectivity index (χ4n) is 3.69. The molecule has 0 saturated heterocycles. The molecule has 0 spiro atoms. The van der Waals surface area contributed by atoms with Crippen LogP contribution < -0.4 is 9.47 Å². The van der Waals surface area contributed by atoms with Crippen LogP contribution in [0.1, 0.15) is 46.0 Å². The van der Waals surface area contributed by atoms with Gasteiger partial charge in [-0.25, -0.2) is 0 Å². The number of aryl methyl sites for hydroxylation is 2. The smallest absolute Gasteiger partial charge is 0.259 e. The molecule has 0 N–H and O–H groups in total. The molecular weight excluding hydrogens is 378 g/mol. The number of benzene rings is 2. The molecule has 1 aliphatic carbocycles. The second kappa shape index (κ2) is 9.16. The zero-order valence-corrected chi connectivity index (χ0v) is 18.4. The molecule has 0 heterocycles. The Kier molecular flexibility index (Phi) is 6.60. The third kappa shape index (κ3) is 4.73. The van der Waals surface area contributed by atoms with Crippen LogP contribution in [0.5, 0.6) is 11.5 Å². The van der Waals surface area contributed by atoms with Gasteiger partial charge in [0, 0.05) is 25.2 Å². The number of ether oxygens (including phenoxy) is 2. The maximum absolute atomic E-state index is 13.1. The van der Waals surface area contributed by atoms with Crippen LogP contribution in [0, 0.1) is 13.8 Å². The zero-order valence-electron chi connectivity index (χ0n) is 18.4. The molecule has 5 nitrogen and oxygen atoms in total. The Labute approximate surface area is 178 Å². The van der Waals surface area contributed by atoms with Crippen LogP contribution in [-0.4, -0.2) is 43.9 Å². The number of hydrogen-bond donors (Lipinski definition) is 0. The molecule has 1 aliphatic rings. The highest BCUT2D eigenvalue weighted by molar-refractivity contribution is 6.13. The number of allylic oxidation sites excluding steroid dienone is 1. The van der Waals surface area contributed by atoms with Gasteiger partial charge in [0.05, 0.1) is 6.61 Å². The number of carbonyl (C=O) groups excluding carboxylic acids is 2. The van der Waals surface area contributed by atoms with Crippen LogP contribution in [0.2, 0.25) is 0 Å². The number of amides is 1. The highest BCUT2D eigenvalue weighted by atomic mass is 16.5. The van der Waals surface area contributed by atoms with Crippen molar-refractivity contribution < 1.29 is 19.1 Å². The third-order valence-corrected chi connectivity index (χ3v) is 5.26. The van der Waals surface area contributed by atoms with E-state index in [-0.39, 0.29) is 18.3 Å². The lowest BCUT2D eigenvalue weighted by molar-refractivity contribution is -0.130. The maximum Gasteiger partial charge on any atom is 0.259 e. The fraction of sp³-hybridized carbons (Fsp3) is 0.360. The second-order valence-corrected chi connectivity index (χ2v) is 7.82. The average molecular weight is 408 g/mol. The molecule has 0 aromatic heterocycles. The SMILES string of the molecule is CCOc1cc(/C=C2\CCc3c(C)cc(C)cc3C2=O)ccc1OCC(=O)N(C)C. The lowest BCUT2D eigenvalue weighted by Gasteiger charge is -2.20. The summed E-state index contributed by atoms with van der Waals surface area (Å²) in [6.45, 7) is 6.41. The van der Waals surface area contributed by atoms with E-state index in [2.05, 4.69) is 13.0 Å². The van der Waals surface area contributed by atoms with Crippen molar-refractivity contribution in [1.29, 1.82) is 0 Å². The van der Waals surface area contributed by atoms with Crippen LogP contribution in [0.4, 0.5) is 0 Å². The van der Waals surface area contributed by atoms with Crippen molar-refractivity contribution in [3.8, 4) is 11.5 Å². The Balaban J connectivity index is 1.87. The van der Waals surface area contributed by atoms with Crippen LogP contribution in [-0.2, 0) is 11.2 Å². The average Bonchev–Trinajstić information content (AvgIpc) is 2.69. The summed E-state index contributed by atoms with van der Waals surface area (Å²) in [6.07, 6.45) is 3.51. The first-order valence-electron chi connectivity index (χ1n) is 10.2. The van der Waals surface area contributed by atoms with Gasteiger partial charge in [-0.3, -0.25) is 9.59 Å². The lowest BCUT2D eigenvalue weighted by Crippen LogP contribution is -2.27. The van der Waals surface area contributed by atoms with Crippen molar-refractivity contribution >= 4 is 17.8 Å². The highest BCUT2D eigenvalue weighted by Gasteiger charge is 2.23. The fourth-order valence-corrected chi connectivity index (χ4v) is 3.69. The van der Waals surface area contributed by atoms with Gasteiger partial charge in [0.2, 0.25) is 0 Å². The standard InChI is InChI=1S/C25H29NO4/c1-6-29-23-14-18(7-10-22(23)30-15-24(27)26(4)5)13-19-8-9-20-17(3)11-16(2)12-21(20)25(19)28/h7,10-14H,6,8-9,15H2,1-5H3/b19-13+. The number of carbonyl (C=O) groups is 2. The molecule has 5 heteroatoms. The van der Waals surface area contributed by atoms with Gasteiger partial charge >= 0.3 is 0 Å². The number of nitrogens with zero attached hydrogens (tertiary/aromatic N) is 1. The predicted molar refractivity (Wildman–Crippen MR) is 118 cm³/mol. The van der Waals surface area contributed by atoms with E-state index in [1.807, 2.05) is 38.1 Å². The molecule has 0 unspecified atom stereocenters. The molecule has 0 radical (unpaired) electrons. The predicted octanol–water partition coefficient (Wildman–Crippen LogP) is 4.38. The van der Waals surface area contributed by atoms with Crippen LogP contribution >= 0.6 is 0 Å². The molecule has 1 amide bonds. The van der Waals surface area contributed by atoms with Gasteiger partial charge in [0.1, 0.15) is 0 Å². The minimum Gasteiger partial charge on any atom is -0.490 e. The molecule has 0 bridgehead atoms. The molecular formula is C25H29NO4. The summed E-state index contributed by atoms with van der Waals surface area (Å²) in [5.41, 5.74) is 5.94. The largest absolute Gasteiger partial charge is 0.490 e. The van der Waals surface area contributed by atoms with E-state index in [1.54, 1.807) is 20.2 Å². The summed E-state index contributed by atoms with van der Waals surface area (Å²) >= 11 is 0. The number of ketones is 1. The van der Waals surface area contributed by atoms with E-state index in [0.29, 0.717) is 18.1 Å². The Morgan fingerprint density at radius 2 is 1.83 bits per heavy atom. The van der Waals surface area contributed by atoms with Gasteiger partial charge in [-0.1, -0.05) is 17.7 Å². The topological polar surface area (TPSA) is 55.8 Å². The van der Waals surface area contributed by atoms with Crippen molar-refractivity contribution in [3.63, 3.8) is 0 Å². The third-order valence-electron chi connectivity index (χ3n) is 5.26. The van der Waals surface area contributed by atoms with E-state index >= 15 is 0 Å². The van der Waals surface area contributed by atoms with E-state index in [1.165, 1.54) is 10.5 Å². The first-order chi connectivity index (χ1) is 14.3. The summed E-state index contributed by atoms with van der Waals surface area (Å²) in [6, 6.07) is 9.65. The van der Waals surface area contributed by atoms with Crippen molar-refractivity contribution in [2.45, 2.75) is 33.6 Å². The number of rotatable bonds is 6. The monoisotopic (exact) mass is 407 g/mol. The molecule has 2 aromatic carbocycles. The van der Waals surface area contributed by atoms with Crippen LogP contribution in [0.3, 0.4) is 0 Å². The molecule has 0 aliphatic heterocycles. The summed E-state index contributed by atoms with van der Waals surface area (Å²) in [7, 11) is 3.37. The van der Waals surface area contributed by atoms with Crippen molar-refractivity contribution in [2.75, 3.05) is 27.3 Å². The quantitative estimate of drug-likeness (QED) is 0.667. The van der Waals surface area contributed by atoms with Gasteiger partial charge < -0.3 is 14.4 Å². The van der Waals surface area contributed by atoms with Gasteiger partial charge in [0.25, 0.3) is 5.91 Å².